The minimum atomic E-state index is -3.86. The zero-order valence-corrected chi connectivity index (χ0v) is 23.4. The van der Waals surface area contributed by atoms with E-state index in [0.29, 0.717) is 25.1 Å². The fourth-order valence-corrected chi connectivity index (χ4v) is 5.91. The Hall–Kier alpha value is -3.35. The molecule has 1 fully saturated rings. The van der Waals surface area contributed by atoms with Crippen LogP contribution in [0.1, 0.15) is 57.8 Å². The molecule has 0 saturated carbocycles. The highest BCUT2D eigenvalue weighted by atomic mass is 32.2. The third kappa shape index (κ3) is 7.00. The molecule has 0 spiro atoms. The van der Waals surface area contributed by atoms with Crippen molar-refractivity contribution >= 4 is 44.6 Å². The van der Waals surface area contributed by atoms with Gasteiger partial charge in [0.2, 0.25) is 21.8 Å². The molecule has 3 heterocycles. The fourth-order valence-electron chi connectivity index (χ4n) is 4.70. The van der Waals surface area contributed by atoms with Crippen LogP contribution in [0.4, 0.5) is 0 Å². The third-order valence-electron chi connectivity index (χ3n) is 6.98. The normalized spacial score (nSPS) is 27.7. The Morgan fingerprint density at radius 3 is 2.49 bits per heavy atom. The molecular formula is C27H36N6O5S. The second-order valence-electron chi connectivity index (χ2n) is 10.5. The first-order valence-electron chi connectivity index (χ1n) is 13.2. The van der Waals surface area contributed by atoms with Crippen molar-refractivity contribution in [3.8, 4) is 0 Å². The number of carbonyl (C=O) groups excluding carboxylic acids is 3. The van der Waals surface area contributed by atoms with Crippen LogP contribution in [-0.2, 0) is 24.4 Å². The van der Waals surface area contributed by atoms with Crippen LogP contribution in [0.2, 0.25) is 0 Å². The Bertz CT molecular complexity index is 1390. The van der Waals surface area contributed by atoms with Gasteiger partial charge in [-0.15, -0.1) is 0 Å². The lowest BCUT2D eigenvalue weighted by Crippen LogP contribution is -2.62. The largest absolute Gasteiger partial charge is 0.348 e. The molecule has 1 aromatic heterocycles. The molecule has 2 aliphatic heterocycles. The molecule has 1 saturated heterocycles. The number of nitrogens with zero attached hydrogens (tertiary/aromatic N) is 2. The molecule has 1 aromatic carbocycles. The number of carbonyl (C=O) groups is 3. The van der Waals surface area contributed by atoms with Gasteiger partial charge in [-0.05, 0) is 61.8 Å². The van der Waals surface area contributed by atoms with Gasteiger partial charge in [0.1, 0.15) is 18.1 Å². The summed E-state index contributed by atoms with van der Waals surface area (Å²) in [5.74, 6) is -1.96. The van der Waals surface area contributed by atoms with Crippen LogP contribution in [0, 0.1) is 5.92 Å². The fraction of sp³-hybridized carbons (Fsp3) is 0.481. The first-order valence-corrected chi connectivity index (χ1v) is 14.8. The summed E-state index contributed by atoms with van der Waals surface area (Å²) >= 11 is 0. The molecule has 3 amide bonds. The summed E-state index contributed by atoms with van der Waals surface area (Å²) in [4.78, 5) is 43.7. The SMILES string of the molecule is CC(C)C1NS(=O)(=O)C/C=C/c2cc3cc(ccc3cn2)[C@@H](C)NC(=O)[C@@H]2CCCN(N2)C(=O)[C@H](C)NC1=O. The molecule has 5 bridgehead atoms. The van der Waals surface area contributed by atoms with Crippen LogP contribution in [0.15, 0.2) is 36.5 Å². The van der Waals surface area contributed by atoms with Crippen LogP contribution in [0.5, 0.6) is 0 Å². The van der Waals surface area contributed by atoms with E-state index in [1.54, 1.807) is 26.1 Å². The molecule has 2 aromatic rings. The summed E-state index contributed by atoms with van der Waals surface area (Å²) in [6, 6.07) is 4.76. The van der Waals surface area contributed by atoms with Crippen molar-refractivity contribution in [1.82, 2.24) is 30.8 Å². The first kappa shape index (κ1) is 28.7. The highest BCUT2D eigenvalue weighted by Crippen LogP contribution is 2.22. The quantitative estimate of drug-likeness (QED) is 0.415. The highest BCUT2D eigenvalue weighted by Gasteiger charge is 2.33. The minimum absolute atomic E-state index is 0.227. The molecule has 4 rings (SSSR count). The van der Waals surface area contributed by atoms with Gasteiger partial charge in [0.25, 0.3) is 5.91 Å². The Labute approximate surface area is 228 Å². The summed E-state index contributed by atoms with van der Waals surface area (Å²) < 4.78 is 28.1. The van der Waals surface area contributed by atoms with E-state index in [9.17, 15) is 22.8 Å². The maximum Gasteiger partial charge on any atom is 0.258 e. The molecule has 0 radical (unpaired) electrons. The first-order chi connectivity index (χ1) is 18.4. The Balaban J connectivity index is 1.68. The zero-order chi connectivity index (χ0) is 28.3. The lowest BCUT2D eigenvalue weighted by molar-refractivity contribution is -0.143. The predicted octanol–water partition coefficient (Wildman–Crippen LogP) is 1.38. The van der Waals surface area contributed by atoms with Gasteiger partial charge in [-0.25, -0.2) is 18.6 Å². The Morgan fingerprint density at radius 2 is 1.74 bits per heavy atom. The number of rotatable bonds is 1. The smallest absolute Gasteiger partial charge is 0.258 e. The van der Waals surface area contributed by atoms with Crippen molar-refractivity contribution in [3.05, 3.63) is 47.8 Å². The summed E-state index contributed by atoms with van der Waals surface area (Å²) in [6.07, 6.45) is 5.97. The van der Waals surface area contributed by atoms with E-state index in [1.165, 1.54) is 18.0 Å². The van der Waals surface area contributed by atoms with E-state index in [4.69, 9.17) is 0 Å². The molecule has 39 heavy (non-hydrogen) atoms. The van der Waals surface area contributed by atoms with Crippen molar-refractivity contribution in [3.63, 3.8) is 0 Å². The van der Waals surface area contributed by atoms with Gasteiger partial charge in [-0.1, -0.05) is 32.1 Å². The van der Waals surface area contributed by atoms with Gasteiger partial charge in [-0.2, -0.15) is 0 Å². The van der Waals surface area contributed by atoms with Crippen molar-refractivity contribution in [1.29, 1.82) is 0 Å². The highest BCUT2D eigenvalue weighted by molar-refractivity contribution is 7.89. The number of hydrogen-bond acceptors (Lipinski definition) is 7. The summed E-state index contributed by atoms with van der Waals surface area (Å²) in [5.41, 5.74) is 4.48. The Morgan fingerprint density at radius 1 is 1.00 bits per heavy atom. The maximum absolute atomic E-state index is 13.1. The number of aromatic nitrogens is 1. The van der Waals surface area contributed by atoms with Crippen LogP contribution in [-0.4, -0.2) is 66.6 Å². The van der Waals surface area contributed by atoms with Crippen molar-refractivity contribution in [2.45, 2.75) is 64.7 Å². The zero-order valence-electron chi connectivity index (χ0n) is 22.6. The number of hydrogen-bond donors (Lipinski definition) is 4. The molecule has 12 heteroatoms. The van der Waals surface area contributed by atoms with E-state index in [0.717, 1.165) is 16.3 Å². The van der Waals surface area contributed by atoms with Crippen molar-refractivity contribution in [2.75, 3.05) is 12.3 Å². The maximum atomic E-state index is 13.1. The van der Waals surface area contributed by atoms with E-state index in [-0.39, 0.29) is 23.6 Å². The number of amides is 3. The van der Waals surface area contributed by atoms with E-state index in [2.05, 4.69) is 25.8 Å². The average Bonchev–Trinajstić information content (AvgIpc) is 2.90. The van der Waals surface area contributed by atoms with Crippen LogP contribution in [0.3, 0.4) is 0 Å². The molecule has 0 aliphatic carbocycles. The molecule has 2 aliphatic rings. The number of fused-ring (bicyclic) bond motifs is 4. The van der Waals surface area contributed by atoms with Crippen LogP contribution < -0.4 is 20.8 Å². The van der Waals surface area contributed by atoms with E-state index in [1.807, 2.05) is 31.2 Å². The molecule has 4 N–H and O–H groups in total. The summed E-state index contributed by atoms with van der Waals surface area (Å²) in [5, 5.41) is 8.83. The van der Waals surface area contributed by atoms with Crippen LogP contribution >= 0.6 is 0 Å². The number of hydrazine groups is 1. The van der Waals surface area contributed by atoms with Gasteiger partial charge in [0.15, 0.2) is 0 Å². The van der Waals surface area contributed by atoms with Crippen LogP contribution in [0.25, 0.3) is 16.8 Å². The third-order valence-corrected chi connectivity index (χ3v) is 8.23. The van der Waals surface area contributed by atoms with Gasteiger partial charge in [0, 0.05) is 18.1 Å². The minimum Gasteiger partial charge on any atom is -0.348 e. The van der Waals surface area contributed by atoms with E-state index >= 15 is 0 Å². The molecule has 1 unspecified atom stereocenters. The topological polar surface area (TPSA) is 150 Å². The van der Waals surface area contributed by atoms with Gasteiger partial charge in [-0.3, -0.25) is 24.4 Å². The number of pyridine rings is 1. The van der Waals surface area contributed by atoms with Gasteiger partial charge in [0.05, 0.1) is 17.5 Å². The average molecular weight is 557 g/mol. The lowest BCUT2D eigenvalue weighted by atomic mass is 10.0. The van der Waals surface area contributed by atoms with Crippen molar-refractivity contribution < 1.29 is 22.8 Å². The summed E-state index contributed by atoms with van der Waals surface area (Å²) in [6.45, 7) is 7.25. The molecular weight excluding hydrogens is 520 g/mol. The standard InChI is InChI=1S/C27H36N6O5S/c1-16(2)24-26(35)30-18(4)27(36)33-11-5-8-23(31-33)25(34)29-17(3)19-9-10-20-15-28-22(14-21(20)13-19)7-6-12-39(37,38)32-24/h6-7,9-10,13-18,23-24,31-32H,5,8,11-12H2,1-4H3,(H,29,34)(H,30,35)/b7-6+/t17-,18+,23+,24?/m1/s1. The predicted molar refractivity (Wildman–Crippen MR) is 148 cm³/mol. The van der Waals surface area contributed by atoms with E-state index < -0.39 is 40.0 Å². The number of nitrogens with one attached hydrogen (secondary N) is 4. The molecule has 11 nitrogen and oxygen atoms in total. The van der Waals surface area contributed by atoms with Crippen molar-refractivity contribution in [2.24, 2.45) is 5.92 Å². The summed E-state index contributed by atoms with van der Waals surface area (Å²) in [7, 11) is -3.86. The lowest BCUT2D eigenvalue weighted by Gasteiger charge is -2.35. The van der Waals surface area contributed by atoms with Gasteiger partial charge >= 0.3 is 0 Å². The second kappa shape index (κ2) is 11.8. The Kier molecular flexibility index (Phi) is 8.67. The number of benzene rings is 1. The van der Waals surface area contributed by atoms with Gasteiger partial charge < -0.3 is 10.6 Å². The number of sulfonamides is 1. The molecule has 210 valence electrons. The molecule has 4 atom stereocenters. The monoisotopic (exact) mass is 556 g/mol. The second-order valence-corrected chi connectivity index (χ2v) is 12.3.